The van der Waals surface area contributed by atoms with E-state index in [2.05, 4.69) is 27.7 Å². The van der Waals surface area contributed by atoms with Crippen LogP contribution < -0.4 is 10.6 Å². The minimum absolute atomic E-state index is 0.00704. The molecule has 1 unspecified atom stereocenters. The standard InChI is InChI=1S/C19H32N4O3S/c1-4-14-27(25,26)23-12-10-17(11-13-23)21-19(24)20-15-18(22(2)3)16-8-6-5-7-9-16/h5-9,17-18H,4,10-15H2,1-3H3,(H2,20,21,24). The lowest BCUT2D eigenvalue weighted by Crippen LogP contribution is -2.50. The molecule has 2 rings (SSSR count). The number of rotatable bonds is 8. The number of nitrogens with zero attached hydrogens (tertiary/aromatic N) is 2. The number of hydrogen-bond acceptors (Lipinski definition) is 4. The van der Waals surface area contributed by atoms with Gasteiger partial charge in [-0.15, -0.1) is 0 Å². The van der Waals surface area contributed by atoms with Crippen molar-refractivity contribution < 1.29 is 13.2 Å². The van der Waals surface area contributed by atoms with Crippen LogP contribution >= 0.6 is 0 Å². The Morgan fingerprint density at radius 2 is 1.85 bits per heavy atom. The summed E-state index contributed by atoms with van der Waals surface area (Å²) >= 11 is 0. The molecule has 2 amide bonds. The number of sulfonamides is 1. The third kappa shape index (κ3) is 6.48. The monoisotopic (exact) mass is 396 g/mol. The van der Waals surface area contributed by atoms with Gasteiger partial charge < -0.3 is 15.5 Å². The molecule has 1 aliphatic rings. The largest absolute Gasteiger partial charge is 0.336 e. The van der Waals surface area contributed by atoms with Crippen LogP contribution in [0, 0.1) is 0 Å². The Bertz CT molecular complexity index is 686. The molecule has 1 aromatic rings. The Hall–Kier alpha value is -1.64. The van der Waals surface area contributed by atoms with Crippen LogP contribution in [0.25, 0.3) is 0 Å². The number of piperidine rings is 1. The first-order valence-electron chi connectivity index (χ1n) is 9.57. The molecule has 0 aliphatic carbocycles. The fourth-order valence-electron chi connectivity index (χ4n) is 3.36. The normalized spacial score (nSPS) is 17.6. The maximum atomic E-state index is 12.3. The summed E-state index contributed by atoms with van der Waals surface area (Å²) in [6, 6.07) is 9.97. The highest BCUT2D eigenvalue weighted by molar-refractivity contribution is 7.89. The number of nitrogens with one attached hydrogen (secondary N) is 2. The van der Waals surface area contributed by atoms with E-state index in [4.69, 9.17) is 0 Å². The lowest BCUT2D eigenvalue weighted by atomic mass is 10.1. The summed E-state index contributed by atoms with van der Waals surface area (Å²) < 4.78 is 25.8. The first-order valence-corrected chi connectivity index (χ1v) is 11.2. The van der Waals surface area contributed by atoms with Crippen molar-refractivity contribution in [3.8, 4) is 0 Å². The summed E-state index contributed by atoms with van der Waals surface area (Å²) in [5, 5.41) is 5.93. The van der Waals surface area contributed by atoms with Crippen LogP contribution in [0.5, 0.6) is 0 Å². The van der Waals surface area contributed by atoms with Gasteiger partial charge in [0.2, 0.25) is 10.0 Å². The molecule has 0 aromatic heterocycles. The average Bonchev–Trinajstić information content (AvgIpc) is 2.63. The van der Waals surface area contributed by atoms with Crippen LogP contribution in [-0.4, -0.2) is 69.2 Å². The molecule has 0 radical (unpaired) electrons. The summed E-state index contributed by atoms with van der Waals surface area (Å²) in [7, 11) is 0.832. The van der Waals surface area contributed by atoms with Gasteiger partial charge in [0.1, 0.15) is 0 Å². The summed E-state index contributed by atoms with van der Waals surface area (Å²) in [6.07, 6.45) is 1.91. The predicted octanol–water partition coefficient (Wildman–Crippen LogP) is 1.79. The van der Waals surface area contributed by atoms with Crippen molar-refractivity contribution in [1.29, 1.82) is 0 Å². The minimum atomic E-state index is -3.15. The van der Waals surface area contributed by atoms with E-state index in [0.29, 0.717) is 38.9 Å². The number of urea groups is 1. The SMILES string of the molecule is CCCS(=O)(=O)N1CCC(NC(=O)NCC(c2ccccc2)N(C)C)CC1. The van der Waals surface area contributed by atoms with Gasteiger partial charge in [0, 0.05) is 25.7 Å². The van der Waals surface area contributed by atoms with Gasteiger partial charge in [0.05, 0.1) is 11.8 Å². The Labute approximate surface area is 163 Å². The zero-order chi connectivity index (χ0) is 19.9. The lowest BCUT2D eigenvalue weighted by molar-refractivity contribution is 0.221. The topological polar surface area (TPSA) is 81.8 Å². The second-order valence-corrected chi connectivity index (χ2v) is 9.32. The number of hydrogen-bond donors (Lipinski definition) is 2. The van der Waals surface area contributed by atoms with Gasteiger partial charge in [-0.25, -0.2) is 17.5 Å². The van der Waals surface area contributed by atoms with Crippen LogP contribution in [0.1, 0.15) is 37.8 Å². The highest BCUT2D eigenvalue weighted by atomic mass is 32.2. The van der Waals surface area contributed by atoms with E-state index >= 15 is 0 Å². The summed E-state index contributed by atoms with van der Waals surface area (Å²) in [4.78, 5) is 14.4. The molecule has 0 saturated carbocycles. The number of amides is 2. The fraction of sp³-hybridized carbons (Fsp3) is 0.632. The molecule has 8 heteroatoms. The second kappa shape index (κ2) is 10.1. The van der Waals surface area contributed by atoms with Crippen LogP contribution in [-0.2, 0) is 10.0 Å². The van der Waals surface area contributed by atoms with E-state index < -0.39 is 10.0 Å². The summed E-state index contributed by atoms with van der Waals surface area (Å²) in [5.41, 5.74) is 1.15. The maximum absolute atomic E-state index is 12.3. The average molecular weight is 397 g/mol. The molecule has 27 heavy (non-hydrogen) atoms. The van der Waals surface area contributed by atoms with E-state index in [1.54, 1.807) is 4.31 Å². The van der Waals surface area contributed by atoms with E-state index in [1.807, 2.05) is 39.2 Å². The second-order valence-electron chi connectivity index (χ2n) is 7.23. The van der Waals surface area contributed by atoms with Crippen molar-refractivity contribution in [2.75, 3.05) is 39.5 Å². The Morgan fingerprint density at radius 3 is 2.41 bits per heavy atom. The van der Waals surface area contributed by atoms with Gasteiger partial charge in [-0.1, -0.05) is 37.3 Å². The third-order valence-corrected chi connectivity index (χ3v) is 6.98. The number of likely N-dealkylation sites (N-methyl/N-ethyl adjacent to an activating group) is 1. The quantitative estimate of drug-likeness (QED) is 0.702. The first-order chi connectivity index (χ1) is 12.8. The molecule has 0 spiro atoms. The van der Waals surface area contributed by atoms with Crippen LogP contribution in [0.4, 0.5) is 4.79 Å². The van der Waals surface area contributed by atoms with Crippen molar-refractivity contribution >= 4 is 16.1 Å². The predicted molar refractivity (Wildman–Crippen MR) is 108 cm³/mol. The van der Waals surface area contributed by atoms with Crippen molar-refractivity contribution in [3.63, 3.8) is 0 Å². The molecule has 1 atom stereocenters. The first kappa shape index (κ1) is 21.7. The molecule has 2 N–H and O–H groups in total. The molecule has 152 valence electrons. The van der Waals surface area contributed by atoms with Gasteiger partial charge in [0.15, 0.2) is 0 Å². The van der Waals surface area contributed by atoms with Gasteiger partial charge in [-0.05, 0) is 38.9 Å². The Kier molecular flexibility index (Phi) is 8.07. The number of benzene rings is 1. The minimum Gasteiger partial charge on any atom is -0.336 e. The summed E-state index contributed by atoms with van der Waals surface area (Å²) in [5.74, 6) is 0.191. The zero-order valence-corrected chi connectivity index (χ0v) is 17.3. The van der Waals surface area contributed by atoms with Crippen LogP contribution in [0.15, 0.2) is 30.3 Å². The van der Waals surface area contributed by atoms with Crippen LogP contribution in [0.3, 0.4) is 0 Å². The molecule has 0 bridgehead atoms. The van der Waals surface area contributed by atoms with E-state index in [0.717, 1.165) is 5.56 Å². The molecular weight excluding hydrogens is 364 g/mol. The smallest absolute Gasteiger partial charge is 0.315 e. The lowest BCUT2D eigenvalue weighted by Gasteiger charge is -2.32. The molecule has 1 fully saturated rings. The van der Waals surface area contributed by atoms with E-state index in [1.165, 1.54) is 0 Å². The highest BCUT2D eigenvalue weighted by Gasteiger charge is 2.28. The van der Waals surface area contributed by atoms with Gasteiger partial charge in [-0.3, -0.25) is 0 Å². The molecule has 1 aromatic carbocycles. The van der Waals surface area contributed by atoms with Crippen molar-refractivity contribution in [1.82, 2.24) is 19.8 Å². The van der Waals surface area contributed by atoms with Gasteiger partial charge in [0.25, 0.3) is 0 Å². The fourth-order valence-corrected chi connectivity index (χ4v) is 4.91. The van der Waals surface area contributed by atoms with Gasteiger partial charge >= 0.3 is 6.03 Å². The number of carbonyl (C=O) groups is 1. The molecule has 7 nitrogen and oxygen atoms in total. The van der Waals surface area contributed by atoms with Crippen molar-refractivity contribution in [2.24, 2.45) is 0 Å². The molecule has 1 aliphatic heterocycles. The van der Waals surface area contributed by atoms with Gasteiger partial charge in [-0.2, -0.15) is 0 Å². The number of carbonyl (C=O) groups excluding carboxylic acids is 1. The van der Waals surface area contributed by atoms with Crippen molar-refractivity contribution in [3.05, 3.63) is 35.9 Å². The third-order valence-electron chi connectivity index (χ3n) is 4.91. The van der Waals surface area contributed by atoms with Crippen LogP contribution in [0.2, 0.25) is 0 Å². The molecule has 1 saturated heterocycles. The maximum Gasteiger partial charge on any atom is 0.315 e. The Balaban J connectivity index is 1.79. The summed E-state index contributed by atoms with van der Waals surface area (Å²) in [6.45, 7) is 3.31. The van der Waals surface area contributed by atoms with E-state index in [9.17, 15) is 13.2 Å². The van der Waals surface area contributed by atoms with Crippen molar-refractivity contribution in [2.45, 2.75) is 38.3 Å². The Morgan fingerprint density at radius 1 is 1.22 bits per heavy atom. The van der Waals surface area contributed by atoms with E-state index in [-0.39, 0.29) is 23.9 Å². The zero-order valence-electron chi connectivity index (χ0n) is 16.5. The highest BCUT2D eigenvalue weighted by Crippen LogP contribution is 2.17. The molecule has 1 heterocycles. The molecular formula is C19H32N4O3S.